The number of nitrogens with zero attached hydrogens (tertiary/aromatic N) is 1. The summed E-state index contributed by atoms with van der Waals surface area (Å²) in [6.07, 6.45) is 4.49. The van der Waals surface area contributed by atoms with E-state index in [-0.39, 0.29) is 23.3 Å². The third kappa shape index (κ3) is 4.66. The number of nitrogens with one attached hydrogen (secondary N) is 1. The Kier molecular flexibility index (Phi) is 5.78. The summed E-state index contributed by atoms with van der Waals surface area (Å²) in [5.41, 5.74) is 0.456. The number of carbonyl (C=O) groups excluding carboxylic acids is 2. The van der Waals surface area contributed by atoms with E-state index in [2.05, 4.69) is 5.32 Å². The first-order valence-electron chi connectivity index (χ1n) is 7.52. The fourth-order valence-corrected chi connectivity index (χ4v) is 2.40. The molecule has 4 nitrogen and oxygen atoms in total. The van der Waals surface area contributed by atoms with E-state index >= 15 is 0 Å². The highest BCUT2D eigenvalue weighted by molar-refractivity contribution is 5.92. The molecule has 1 heterocycles. The van der Waals surface area contributed by atoms with Crippen molar-refractivity contribution in [3.05, 3.63) is 11.6 Å². The van der Waals surface area contributed by atoms with Gasteiger partial charge in [0.15, 0.2) is 0 Å². The van der Waals surface area contributed by atoms with E-state index in [0.29, 0.717) is 0 Å². The maximum atomic E-state index is 12.2. The Balaban J connectivity index is 2.45. The van der Waals surface area contributed by atoms with Gasteiger partial charge in [0, 0.05) is 30.1 Å². The van der Waals surface area contributed by atoms with Gasteiger partial charge in [-0.3, -0.25) is 9.59 Å². The molecule has 1 rings (SSSR count). The average molecular weight is 280 g/mol. The van der Waals surface area contributed by atoms with E-state index in [4.69, 9.17) is 0 Å². The third-order valence-electron chi connectivity index (χ3n) is 3.63. The van der Waals surface area contributed by atoms with Gasteiger partial charge in [-0.15, -0.1) is 0 Å². The maximum Gasteiger partial charge on any atom is 0.246 e. The van der Waals surface area contributed by atoms with Gasteiger partial charge < -0.3 is 10.2 Å². The molecule has 0 radical (unpaired) electrons. The average Bonchev–Trinajstić information content (AvgIpc) is 2.38. The molecule has 114 valence electrons. The van der Waals surface area contributed by atoms with Crippen LogP contribution in [0.2, 0.25) is 0 Å². The van der Waals surface area contributed by atoms with Crippen molar-refractivity contribution in [1.82, 2.24) is 10.2 Å². The van der Waals surface area contributed by atoms with Crippen LogP contribution in [0.4, 0.5) is 0 Å². The molecule has 1 saturated heterocycles. The standard InChI is InChI=1S/C16H28N2O2/c1-6-7-12(2)14(19)17-13-8-10-18(11-9-13)15(20)16(3,4)5/h7,13H,6,8-11H2,1-5H3,(H,17,19)/b12-7+. The lowest BCUT2D eigenvalue weighted by molar-refractivity contribution is -0.140. The van der Waals surface area contributed by atoms with Gasteiger partial charge in [0.1, 0.15) is 0 Å². The second-order valence-corrected chi connectivity index (χ2v) is 6.59. The van der Waals surface area contributed by atoms with Crippen LogP contribution in [0.1, 0.15) is 53.9 Å². The van der Waals surface area contributed by atoms with Gasteiger partial charge in [0.25, 0.3) is 0 Å². The van der Waals surface area contributed by atoms with Crippen molar-refractivity contribution in [2.75, 3.05) is 13.1 Å². The minimum absolute atomic E-state index is 0.0208. The normalized spacial score (nSPS) is 18.1. The minimum Gasteiger partial charge on any atom is -0.349 e. The molecule has 0 atom stereocenters. The van der Waals surface area contributed by atoms with Gasteiger partial charge in [0.2, 0.25) is 11.8 Å². The van der Waals surface area contributed by atoms with E-state index in [1.807, 2.05) is 45.6 Å². The number of hydrogen-bond donors (Lipinski definition) is 1. The first-order chi connectivity index (χ1) is 9.25. The second kappa shape index (κ2) is 6.91. The van der Waals surface area contributed by atoms with E-state index < -0.39 is 0 Å². The summed E-state index contributed by atoms with van der Waals surface area (Å²) in [6.45, 7) is 11.2. The number of allylic oxidation sites excluding steroid dienone is 1. The van der Waals surface area contributed by atoms with Crippen LogP contribution < -0.4 is 5.32 Å². The SMILES string of the molecule is CC/C=C(\C)C(=O)NC1CCN(C(=O)C(C)(C)C)CC1. The fourth-order valence-electron chi connectivity index (χ4n) is 2.40. The van der Waals surface area contributed by atoms with Crippen LogP contribution in [0.3, 0.4) is 0 Å². The number of hydrogen-bond acceptors (Lipinski definition) is 2. The summed E-state index contributed by atoms with van der Waals surface area (Å²) in [5.74, 6) is 0.219. The lowest BCUT2D eigenvalue weighted by Crippen LogP contribution is -2.49. The lowest BCUT2D eigenvalue weighted by Gasteiger charge is -2.36. The zero-order chi connectivity index (χ0) is 15.3. The van der Waals surface area contributed by atoms with E-state index in [1.165, 1.54) is 0 Å². The Hall–Kier alpha value is -1.32. The monoisotopic (exact) mass is 280 g/mol. The number of carbonyl (C=O) groups is 2. The molecule has 20 heavy (non-hydrogen) atoms. The van der Waals surface area contributed by atoms with E-state index in [9.17, 15) is 9.59 Å². The van der Waals surface area contributed by atoms with Crippen molar-refractivity contribution in [2.24, 2.45) is 5.41 Å². The largest absolute Gasteiger partial charge is 0.349 e. The Morgan fingerprint density at radius 1 is 1.25 bits per heavy atom. The quantitative estimate of drug-likeness (QED) is 0.808. The van der Waals surface area contributed by atoms with Crippen LogP contribution >= 0.6 is 0 Å². The molecule has 1 N–H and O–H groups in total. The van der Waals surface area contributed by atoms with E-state index in [1.54, 1.807) is 0 Å². The molecule has 4 heteroatoms. The molecule has 0 aromatic heterocycles. The first kappa shape index (κ1) is 16.7. The van der Waals surface area contributed by atoms with Gasteiger partial charge in [-0.05, 0) is 26.2 Å². The Morgan fingerprint density at radius 2 is 1.80 bits per heavy atom. The van der Waals surface area contributed by atoms with Crippen molar-refractivity contribution >= 4 is 11.8 Å². The Bertz CT molecular complexity index is 386. The molecule has 1 aliphatic heterocycles. The molecule has 1 aliphatic rings. The molecule has 0 spiro atoms. The van der Waals surface area contributed by atoms with Crippen molar-refractivity contribution in [1.29, 1.82) is 0 Å². The molecular weight excluding hydrogens is 252 g/mol. The fraction of sp³-hybridized carbons (Fsp3) is 0.750. The van der Waals surface area contributed by atoms with E-state index in [0.717, 1.165) is 37.9 Å². The van der Waals surface area contributed by atoms with Crippen LogP contribution in [0.25, 0.3) is 0 Å². The van der Waals surface area contributed by atoms with Gasteiger partial charge in [-0.25, -0.2) is 0 Å². The number of rotatable bonds is 3. The highest BCUT2D eigenvalue weighted by atomic mass is 16.2. The molecule has 0 aromatic rings. The highest BCUT2D eigenvalue weighted by Crippen LogP contribution is 2.21. The molecule has 0 unspecified atom stereocenters. The molecule has 0 bridgehead atoms. The highest BCUT2D eigenvalue weighted by Gasteiger charge is 2.30. The second-order valence-electron chi connectivity index (χ2n) is 6.59. The number of piperidine rings is 1. The van der Waals surface area contributed by atoms with Crippen molar-refractivity contribution in [2.45, 2.75) is 59.9 Å². The molecule has 0 aliphatic carbocycles. The summed E-state index contributed by atoms with van der Waals surface area (Å²) < 4.78 is 0. The number of amides is 2. The zero-order valence-corrected chi connectivity index (χ0v) is 13.5. The Morgan fingerprint density at radius 3 is 2.25 bits per heavy atom. The van der Waals surface area contributed by atoms with Gasteiger partial charge >= 0.3 is 0 Å². The summed E-state index contributed by atoms with van der Waals surface area (Å²) in [4.78, 5) is 26.0. The predicted octanol–water partition coefficient (Wildman–Crippen LogP) is 2.50. The summed E-state index contributed by atoms with van der Waals surface area (Å²) >= 11 is 0. The lowest BCUT2D eigenvalue weighted by atomic mass is 9.93. The topological polar surface area (TPSA) is 49.4 Å². The number of likely N-dealkylation sites (tertiary alicyclic amines) is 1. The first-order valence-corrected chi connectivity index (χ1v) is 7.52. The molecule has 1 fully saturated rings. The molecule has 0 aromatic carbocycles. The van der Waals surface area contributed by atoms with Crippen LogP contribution in [0.15, 0.2) is 11.6 Å². The van der Waals surface area contributed by atoms with Gasteiger partial charge in [-0.2, -0.15) is 0 Å². The van der Waals surface area contributed by atoms with Crippen molar-refractivity contribution < 1.29 is 9.59 Å². The van der Waals surface area contributed by atoms with Crippen molar-refractivity contribution in [3.63, 3.8) is 0 Å². The molecule has 2 amide bonds. The molecular formula is C16H28N2O2. The Labute approximate surface area is 122 Å². The van der Waals surface area contributed by atoms with Crippen LogP contribution in [-0.2, 0) is 9.59 Å². The van der Waals surface area contributed by atoms with Crippen LogP contribution in [0, 0.1) is 5.41 Å². The van der Waals surface area contributed by atoms with Crippen LogP contribution in [0.5, 0.6) is 0 Å². The molecule has 0 saturated carbocycles. The summed E-state index contributed by atoms with van der Waals surface area (Å²) in [7, 11) is 0. The summed E-state index contributed by atoms with van der Waals surface area (Å²) in [6, 6.07) is 0.187. The summed E-state index contributed by atoms with van der Waals surface area (Å²) in [5, 5.41) is 3.06. The smallest absolute Gasteiger partial charge is 0.246 e. The van der Waals surface area contributed by atoms with Gasteiger partial charge in [0.05, 0.1) is 0 Å². The zero-order valence-electron chi connectivity index (χ0n) is 13.5. The minimum atomic E-state index is -0.323. The van der Waals surface area contributed by atoms with Crippen LogP contribution in [-0.4, -0.2) is 35.8 Å². The van der Waals surface area contributed by atoms with Crippen molar-refractivity contribution in [3.8, 4) is 0 Å². The predicted molar refractivity (Wildman–Crippen MR) is 81.2 cm³/mol. The maximum absolute atomic E-state index is 12.2. The third-order valence-corrected chi connectivity index (χ3v) is 3.63. The van der Waals surface area contributed by atoms with Gasteiger partial charge in [-0.1, -0.05) is 33.8 Å².